The number of nitrogens with zero attached hydrogens (tertiary/aromatic N) is 3. The molecule has 0 aliphatic rings. The molecule has 1 amide bonds. The van der Waals surface area contributed by atoms with Crippen LogP contribution in [0.15, 0.2) is 50.5 Å². The van der Waals surface area contributed by atoms with E-state index in [2.05, 4.69) is 26.3 Å². The molecule has 0 unspecified atom stereocenters. The number of aromatic nitrogens is 3. The third kappa shape index (κ3) is 3.53. The van der Waals surface area contributed by atoms with Crippen molar-refractivity contribution in [3.05, 3.63) is 78.0 Å². The van der Waals surface area contributed by atoms with Gasteiger partial charge in [0.25, 0.3) is 11.5 Å². The Morgan fingerprint density at radius 3 is 2.46 bits per heavy atom. The number of hydrogen-bond acceptors (Lipinski definition) is 4. The third-order valence-electron chi connectivity index (χ3n) is 4.36. The van der Waals surface area contributed by atoms with Gasteiger partial charge in [-0.05, 0) is 46.1 Å². The highest BCUT2D eigenvalue weighted by Crippen LogP contribution is 2.37. The number of anilines is 1. The molecule has 7 nitrogen and oxygen atoms in total. The number of hydrogen-bond donors (Lipinski definition) is 1. The predicted octanol–water partition coefficient (Wildman–Crippen LogP) is 3.12. The number of halogens is 2. The quantitative estimate of drug-likeness (QED) is 0.647. The Morgan fingerprint density at radius 1 is 1.11 bits per heavy atom. The molecule has 0 spiro atoms. The molecule has 1 heterocycles. The predicted molar refractivity (Wildman–Crippen MR) is 112 cm³/mol. The average Bonchev–Trinajstić information content (AvgIpc) is 2.67. The van der Waals surface area contributed by atoms with Crippen molar-refractivity contribution in [2.75, 3.05) is 5.32 Å². The highest BCUT2D eigenvalue weighted by Gasteiger charge is 2.19. The van der Waals surface area contributed by atoms with Crippen molar-refractivity contribution in [2.45, 2.75) is 6.92 Å². The summed E-state index contributed by atoms with van der Waals surface area (Å²) in [5.74, 6) is -0.697. The van der Waals surface area contributed by atoms with Crippen molar-refractivity contribution < 1.29 is 4.79 Å². The number of nitrogens with one attached hydrogen (secondary N) is 1. The number of rotatable bonds is 3. The van der Waals surface area contributed by atoms with E-state index in [0.29, 0.717) is 10.7 Å². The third-order valence-corrected chi connectivity index (χ3v) is 5.66. The first-order valence-electron chi connectivity index (χ1n) is 8.22. The van der Waals surface area contributed by atoms with Crippen LogP contribution in [-0.4, -0.2) is 20.3 Å². The molecule has 3 aromatic rings. The topological polar surface area (TPSA) is 86.0 Å². The van der Waals surface area contributed by atoms with Crippen LogP contribution in [0.1, 0.15) is 16.1 Å². The van der Waals surface area contributed by atoms with E-state index in [4.69, 9.17) is 11.6 Å². The molecule has 3 rings (SSSR count). The molecule has 2 aromatic carbocycles. The lowest BCUT2D eigenvalue weighted by Crippen LogP contribution is -2.43. The van der Waals surface area contributed by atoms with Crippen LogP contribution in [0.3, 0.4) is 0 Å². The zero-order chi connectivity index (χ0) is 20.6. The lowest BCUT2D eigenvalue weighted by molar-refractivity contribution is 0.101. The summed E-state index contributed by atoms with van der Waals surface area (Å²) < 4.78 is 2.55. The standard InChI is InChI=1S/C19H16BrClN4O3/c1-10-11(12-7-4-8-13(20)15(12)21)6-5-9-14(10)22-17(26)16-18(27)24(2)19(28)25(3)23-16/h4-9H,1-3H3,(H,22,26). The second-order valence-corrected chi connectivity index (χ2v) is 7.38. The Morgan fingerprint density at radius 2 is 1.75 bits per heavy atom. The Bertz CT molecular complexity index is 1220. The molecule has 144 valence electrons. The molecule has 0 aliphatic heterocycles. The SMILES string of the molecule is Cc1c(NC(=O)c2nn(C)c(=O)n(C)c2=O)cccc1-c1cccc(Br)c1Cl. The summed E-state index contributed by atoms with van der Waals surface area (Å²) in [4.78, 5) is 36.6. The molecule has 0 bridgehead atoms. The second kappa shape index (κ2) is 7.73. The lowest BCUT2D eigenvalue weighted by atomic mass is 9.99. The van der Waals surface area contributed by atoms with E-state index in [1.165, 1.54) is 14.1 Å². The maximum atomic E-state index is 12.6. The molecule has 0 saturated heterocycles. The van der Waals surface area contributed by atoms with Crippen molar-refractivity contribution in [1.82, 2.24) is 14.3 Å². The summed E-state index contributed by atoms with van der Waals surface area (Å²) >= 11 is 9.81. The average molecular weight is 464 g/mol. The van der Waals surface area contributed by atoms with Crippen LogP contribution >= 0.6 is 27.5 Å². The van der Waals surface area contributed by atoms with Gasteiger partial charge in [0, 0.05) is 29.8 Å². The zero-order valence-corrected chi connectivity index (χ0v) is 17.6. The van der Waals surface area contributed by atoms with Crippen LogP contribution in [-0.2, 0) is 14.1 Å². The molecule has 0 aliphatic carbocycles. The van der Waals surface area contributed by atoms with Gasteiger partial charge >= 0.3 is 5.69 Å². The normalized spacial score (nSPS) is 10.8. The van der Waals surface area contributed by atoms with Gasteiger partial charge in [-0.1, -0.05) is 35.9 Å². The Labute approximate surface area is 173 Å². The van der Waals surface area contributed by atoms with Crippen LogP contribution in [0.2, 0.25) is 5.02 Å². The number of aryl methyl sites for hydroxylation is 1. The van der Waals surface area contributed by atoms with Crippen molar-refractivity contribution in [3.8, 4) is 11.1 Å². The highest BCUT2D eigenvalue weighted by atomic mass is 79.9. The van der Waals surface area contributed by atoms with Gasteiger partial charge < -0.3 is 5.32 Å². The van der Waals surface area contributed by atoms with E-state index in [9.17, 15) is 14.4 Å². The molecule has 0 radical (unpaired) electrons. The molecule has 9 heteroatoms. The highest BCUT2D eigenvalue weighted by molar-refractivity contribution is 9.10. The number of carbonyl (C=O) groups excluding carboxylic acids is 1. The molecule has 0 fully saturated rings. The molecule has 0 saturated carbocycles. The monoisotopic (exact) mass is 462 g/mol. The van der Waals surface area contributed by atoms with E-state index >= 15 is 0 Å². The van der Waals surface area contributed by atoms with Gasteiger partial charge in [-0.15, -0.1) is 0 Å². The molecular formula is C19H16BrClN4O3. The molecule has 28 heavy (non-hydrogen) atoms. The summed E-state index contributed by atoms with van der Waals surface area (Å²) in [5.41, 5.74) is 1.20. The second-order valence-electron chi connectivity index (χ2n) is 6.15. The van der Waals surface area contributed by atoms with Gasteiger partial charge in [0.1, 0.15) is 0 Å². The molecule has 0 atom stereocenters. The van der Waals surface area contributed by atoms with E-state index < -0.39 is 17.2 Å². The first-order valence-corrected chi connectivity index (χ1v) is 9.39. The number of amides is 1. The van der Waals surface area contributed by atoms with Crippen LogP contribution in [0, 0.1) is 6.92 Å². The first-order chi connectivity index (χ1) is 13.2. The van der Waals surface area contributed by atoms with Crippen LogP contribution in [0.4, 0.5) is 5.69 Å². The largest absolute Gasteiger partial charge is 0.346 e. The van der Waals surface area contributed by atoms with Gasteiger partial charge in [0.15, 0.2) is 0 Å². The molecule has 1 aromatic heterocycles. The number of benzene rings is 2. The van der Waals surface area contributed by atoms with E-state index in [1.807, 2.05) is 31.2 Å². The van der Waals surface area contributed by atoms with Crippen molar-refractivity contribution >= 4 is 39.1 Å². The zero-order valence-electron chi connectivity index (χ0n) is 15.3. The minimum absolute atomic E-state index is 0.366. The fourth-order valence-electron chi connectivity index (χ4n) is 2.80. The van der Waals surface area contributed by atoms with Crippen LogP contribution in [0.5, 0.6) is 0 Å². The smallest absolute Gasteiger partial charge is 0.320 e. The summed E-state index contributed by atoms with van der Waals surface area (Å²) in [6.45, 7) is 1.84. The van der Waals surface area contributed by atoms with Crippen molar-refractivity contribution in [2.24, 2.45) is 14.1 Å². The summed E-state index contributed by atoms with van der Waals surface area (Å²) in [6, 6.07) is 11.0. The lowest BCUT2D eigenvalue weighted by Gasteiger charge is -2.14. The van der Waals surface area contributed by atoms with Gasteiger partial charge in [-0.25, -0.2) is 9.48 Å². The van der Waals surface area contributed by atoms with Gasteiger partial charge in [0.2, 0.25) is 5.69 Å². The van der Waals surface area contributed by atoms with Crippen molar-refractivity contribution in [1.29, 1.82) is 0 Å². The maximum Gasteiger partial charge on any atom is 0.346 e. The molecule has 1 N–H and O–H groups in total. The van der Waals surface area contributed by atoms with E-state index in [0.717, 1.165) is 30.4 Å². The Kier molecular flexibility index (Phi) is 5.53. The van der Waals surface area contributed by atoms with E-state index in [-0.39, 0.29) is 5.69 Å². The Hall–Kier alpha value is -2.71. The van der Waals surface area contributed by atoms with Crippen LogP contribution in [0.25, 0.3) is 11.1 Å². The fraction of sp³-hybridized carbons (Fsp3) is 0.158. The maximum absolute atomic E-state index is 12.6. The van der Waals surface area contributed by atoms with Crippen LogP contribution < -0.4 is 16.6 Å². The minimum Gasteiger partial charge on any atom is -0.320 e. The van der Waals surface area contributed by atoms with E-state index in [1.54, 1.807) is 12.1 Å². The first kappa shape index (κ1) is 20.0. The minimum atomic E-state index is -0.760. The molecular weight excluding hydrogens is 448 g/mol. The summed E-state index contributed by atoms with van der Waals surface area (Å²) in [6.07, 6.45) is 0. The summed E-state index contributed by atoms with van der Waals surface area (Å²) in [7, 11) is 2.67. The van der Waals surface area contributed by atoms with Crippen molar-refractivity contribution in [3.63, 3.8) is 0 Å². The number of carbonyl (C=O) groups is 1. The van der Waals surface area contributed by atoms with Gasteiger partial charge in [-0.3, -0.25) is 14.2 Å². The summed E-state index contributed by atoms with van der Waals surface area (Å²) in [5, 5.41) is 7.06. The van der Waals surface area contributed by atoms with Gasteiger partial charge in [-0.2, -0.15) is 5.10 Å². The van der Waals surface area contributed by atoms with Gasteiger partial charge in [0.05, 0.1) is 5.02 Å². The Balaban J connectivity index is 2.03. The fourth-order valence-corrected chi connectivity index (χ4v) is 3.39.